The molecule has 0 aromatic rings. The second-order valence-electron chi connectivity index (χ2n) is 4.70. The molecule has 0 aliphatic rings. The lowest BCUT2D eigenvalue weighted by atomic mass is 10.3. The molecule has 0 fully saturated rings. The smallest absolute Gasteiger partial charge is 0.0876 e. The molecule has 0 aromatic heterocycles. The second kappa shape index (κ2) is 16.5. The number of nitrogens with two attached hydrogens (primary N) is 2. The van der Waals surface area contributed by atoms with Crippen LogP contribution in [-0.2, 0) is 14.2 Å². The number of nitrogens with one attached hydrogen (secondary N) is 2. The van der Waals surface area contributed by atoms with E-state index in [4.69, 9.17) is 30.8 Å². The fraction of sp³-hybridized carbons (Fsp3) is 0.857. The molecule has 22 heavy (non-hydrogen) atoms. The average Bonchev–Trinajstić information content (AvgIpc) is 2.53. The highest BCUT2D eigenvalue weighted by Gasteiger charge is 1.98. The van der Waals surface area contributed by atoms with Crippen LogP contribution in [0.15, 0.2) is 11.9 Å². The highest BCUT2D eigenvalue weighted by atomic mass is 16.5. The molecule has 1 atom stereocenters. The van der Waals surface area contributed by atoms with Gasteiger partial charge in [0.25, 0.3) is 0 Å². The number of hydrogen-bond acceptors (Lipinski definition) is 8. The minimum Gasteiger partial charge on any atom is -0.399 e. The van der Waals surface area contributed by atoms with Gasteiger partial charge >= 0.3 is 0 Å². The molecule has 8 nitrogen and oxygen atoms in total. The van der Waals surface area contributed by atoms with Crippen molar-refractivity contribution in [2.75, 3.05) is 65.9 Å². The van der Waals surface area contributed by atoms with Crippen molar-refractivity contribution in [3.05, 3.63) is 11.9 Å². The minimum atomic E-state index is -0.218. The van der Waals surface area contributed by atoms with Crippen molar-refractivity contribution in [3.63, 3.8) is 0 Å². The summed E-state index contributed by atoms with van der Waals surface area (Å²) in [5.74, 6) is 0. The first-order valence-corrected chi connectivity index (χ1v) is 7.69. The Labute approximate surface area is 133 Å². The van der Waals surface area contributed by atoms with E-state index in [1.165, 1.54) is 0 Å². The van der Waals surface area contributed by atoms with Crippen molar-refractivity contribution in [3.8, 4) is 0 Å². The monoisotopic (exact) mass is 320 g/mol. The van der Waals surface area contributed by atoms with E-state index in [2.05, 4.69) is 10.6 Å². The Morgan fingerprint density at radius 2 is 1.77 bits per heavy atom. The molecular weight excluding hydrogens is 288 g/mol. The zero-order valence-electron chi connectivity index (χ0n) is 13.6. The molecule has 0 amide bonds. The molecule has 7 N–H and O–H groups in total. The largest absolute Gasteiger partial charge is 0.399 e. The summed E-state index contributed by atoms with van der Waals surface area (Å²) in [6, 6.07) is -0.218. The molecule has 0 aliphatic carbocycles. The lowest BCUT2D eigenvalue weighted by Crippen LogP contribution is -2.37. The van der Waals surface area contributed by atoms with Gasteiger partial charge in [-0.25, -0.2) is 0 Å². The van der Waals surface area contributed by atoms with Crippen LogP contribution in [0.1, 0.15) is 6.92 Å². The van der Waals surface area contributed by atoms with Crippen molar-refractivity contribution in [1.82, 2.24) is 10.6 Å². The summed E-state index contributed by atoms with van der Waals surface area (Å²) < 4.78 is 16.1. The Kier molecular flexibility index (Phi) is 15.8. The van der Waals surface area contributed by atoms with Crippen LogP contribution in [0.2, 0.25) is 0 Å². The van der Waals surface area contributed by atoms with Crippen molar-refractivity contribution in [2.24, 2.45) is 11.5 Å². The van der Waals surface area contributed by atoms with E-state index >= 15 is 0 Å². The van der Waals surface area contributed by atoms with Crippen molar-refractivity contribution >= 4 is 0 Å². The molecule has 8 heteroatoms. The maximum absolute atomic E-state index is 8.73. The first kappa shape index (κ1) is 21.1. The fourth-order valence-electron chi connectivity index (χ4n) is 1.40. The van der Waals surface area contributed by atoms with Crippen LogP contribution < -0.4 is 22.1 Å². The molecule has 0 saturated carbocycles. The van der Waals surface area contributed by atoms with Crippen LogP contribution >= 0.6 is 0 Å². The minimum absolute atomic E-state index is 0.0136. The van der Waals surface area contributed by atoms with Crippen molar-refractivity contribution in [1.29, 1.82) is 0 Å². The second-order valence-corrected chi connectivity index (χ2v) is 4.70. The SMILES string of the molecule is CCN/C=C(\N)COCCOCCOCCNCC(N)CO. The summed E-state index contributed by atoms with van der Waals surface area (Å²) in [5, 5.41) is 14.8. The van der Waals surface area contributed by atoms with Crippen LogP contribution in [0, 0.1) is 0 Å². The Hall–Kier alpha value is -0.900. The highest BCUT2D eigenvalue weighted by Crippen LogP contribution is 1.86. The lowest BCUT2D eigenvalue weighted by molar-refractivity contribution is 0.0190. The van der Waals surface area contributed by atoms with Gasteiger partial charge in [0.15, 0.2) is 0 Å². The third-order valence-corrected chi connectivity index (χ3v) is 2.57. The Bertz CT molecular complexity index is 267. The molecule has 1 unspecified atom stereocenters. The third-order valence-electron chi connectivity index (χ3n) is 2.57. The average molecular weight is 320 g/mol. The molecule has 0 spiro atoms. The number of ether oxygens (including phenoxy) is 3. The molecule has 0 bridgehead atoms. The van der Waals surface area contributed by atoms with E-state index in [9.17, 15) is 0 Å². The van der Waals surface area contributed by atoms with Gasteiger partial charge in [-0.3, -0.25) is 0 Å². The summed E-state index contributed by atoms with van der Waals surface area (Å²) >= 11 is 0. The quantitative estimate of drug-likeness (QED) is 0.214. The summed E-state index contributed by atoms with van der Waals surface area (Å²) in [6.45, 7) is 7.18. The van der Waals surface area contributed by atoms with Crippen molar-refractivity contribution in [2.45, 2.75) is 13.0 Å². The van der Waals surface area contributed by atoms with E-state index < -0.39 is 0 Å². The standard InChI is InChI=1S/C14H32N4O4/c1-2-17-10-14(16)12-22-8-7-21-6-5-20-4-3-18-9-13(15)11-19/h10,13,17-19H,2-9,11-12,15-16H2,1H3/b14-10-. The maximum atomic E-state index is 8.73. The van der Waals surface area contributed by atoms with Crippen LogP contribution in [0.25, 0.3) is 0 Å². The number of aliphatic hydroxyl groups is 1. The van der Waals surface area contributed by atoms with Gasteiger partial charge in [-0.2, -0.15) is 0 Å². The van der Waals surface area contributed by atoms with Gasteiger partial charge in [-0.05, 0) is 6.92 Å². The van der Waals surface area contributed by atoms with Crippen molar-refractivity contribution < 1.29 is 19.3 Å². The van der Waals surface area contributed by atoms with Gasteiger partial charge in [-0.15, -0.1) is 0 Å². The first-order valence-electron chi connectivity index (χ1n) is 7.69. The van der Waals surface area contributed by atoms with Crippen LogP contribution in [-0.4, -0.2) is 77.0 Å². The molecule has 0 rings (SSSR count). The van der Waals surface area contributed by atoms with E-state index in [1.54, 1.807) is 6.20 Å². The zero-order chi connectivity index (χ0) is 16.5. The number of hydrogen-bond donors (Lipinski definition) is 5. The molecule has 0 aromatic carbocycles. The van der Waals surface area contributed by atoms with Gasteiger partial charge in [0.05, 0.1) is 51.9 Å². The zero-order valence-corrected chi connectivity index (χ0v) is 13.6. The van der Waals surface area contributed by atoms with Gasteiger partial charge in [0, 0.05) is 31.9 Å². The van der Waals surface area contributed by atoms with Gasteiger partial charge in [-0.1, -0.05) is 0 Å². The van der Waals surface area contributed by atoms with Gasteiger partial charge in [0.2, 0.25) is 0 Å². The summed E-state index contributed by atoms with van der Waals surface area (Å²) in [6.07, 6.45) is 1.75. The molecule has 0 radical (unpaired) electrons. The predicted molar refractivity (Wildman–Crippen MR) is 86.3 cm³/mol. The summed E-state index contributed by atoms with van der Waals surface area (Å²) in [5.41, 5.74) is 11.9. The number of rotatable bonds is 16. The van der Waals surface area contributed by atoms with Gasteiger partial charge < -0.3 is 41.4 Å². The van der Waals surface area contributed by atoms with Crippen LogP contribution in [0.3, 0.4) is 0 Å². The highest BCUT2D eigenvalue weighted by molar-refractivity contribution is 4.94. The Morgan fingerprint density at radius 1 is 1.14 bits per heavy atom. The Balaban J connectivity index is 3.14. The van der Waals surface area contributed by atoms with E-state index in [1.807, 2.05) is 6.92 Å². The van der Waals surface area contributed by atoms with Crippen LogP contribution in [0.4, 0.5) is 0 Å². The van der Waals surface area contributed by atoms with E-state index in [0.29, 0.717) is 58.4 Å². The molecule has 132 valence electrons. The molecule has 0 heterocycles. The number of aliphatic hydroxyl groups excluding tert-OH is 1. The van der Waals surface area contributed by atoms with E-state index in [-0.39, 0.29) is 12.6 Å². The Morgan fingerprint density at radius 3 is 2.41 bits per heavy atom. The predicted octanol–water partition coefficient (Wildman–Crippen LogP) is -1.64. The van der Waals surface area contributed by atoms with Gasteiger partial charge in [0.1, 0.15) is 0 Å². The fourth-order valence-corrected chi connectivity index (χ4v) is 1.40. The normalized spacial score (nSPS) is 13.3. The van der Waals surface area contributed by atoms with Crippen LogP contribution in [0.5, 0.6) is 0 Å². The molecule has 0 aliphatic heterocycles. The summed E-state index contributed by atoms with van der Waals surface area (Å²) in [7, 11) is 0. The molecular formula is C14H32N4O4. The van der Waals surface area contributed by atoms with E-state index in [0.717, 1.165) is 6.54 Å². The topological polar surface area (TPSA) is 124 Å². The maximum Gasteiger partial charge on any atom is 0.0876 e. The third kappa shape index (κ3) is 15.5. The lowest BCUT2D eigenvalue weighted by Gasteiger charge is -2.10. The summed E-state index contributed by atoms with van der Waals surface area (Å²) in [4.78, 5) is 0. The first-order chi connectivity index (χ1) is 10.7. The molecule has 0 saturated heterocycles.